The lowest BCUT2D eigenvalue weighted by molar-refractivity contribution is 0.103. The molecule has 0 spiro atoms. The highest BCUT2D eigenvalue weighted by Crippen LogP contribution is 2.25. The summed E-state index contributed by atoms with van der Waals surface area (Å²) in [7, 11) is 0. The van der Waals surface area contributed by atoms with Gasteiger partial charge >= 0.3 is 0 Å². The molecule has 2 nitrogen and oxygen atoms in total. The molecule has 3 rings (SSSR count). The van der Waals surface area contributed by atoms with Crippen LogP contribution >= 0.6 is 0 Å². The van der Waals surface area contributed by atoms with E-state index in [4.69, 9.17) is 0 Å². The van der Waals surface area contributed by atoms with E-state index in [1.807, 2.05) is 66.7 Å². The Kier molecular flexibility index (Phi) is 5.07. The summed E-state index contributed by atoms with van der Waals surface area (Å²) in [4.78, 5) is 13.0. The van der Waals surface area contributed by atoms with E-state index in [9.17, 15) is 4.79 Å². The summed E-state index contributed by atoms with van der Waals surface area (Å²) < 4.78 is 0. The molecular formula is C22H21NO. The molecule has 3 aromatic carbocycles. The van der Waals surface area contributed by atoms with Crippen LogP contribution in [0.1, 0.15) is 34.0 Å². The van der Waals surface area contributed by atoms with Crippen molar-refractivity contribution < 1.29 is 4.79 Å². The fourth-order valence-corrected chi connectivity index (χ4v) is 2.89. The molecule has 0 aromatic heterocycles. The predicted octanol–water partition coefficient (Wildman–Crippen LogP) is 4.94. The zero-order valence-corrected chi connectivity index (χ0v) is 13.8. The molecule has 0 saturated carbocycles. The van der Waals surface area contributed by atoms with Gasteiger partial charge in [-0.25, -0.2) is 0 Å². The van der Waals surface area contributed by atoms with E-state index >= 15 is 0 Å². The average molecular weight is 315 g/mol. The Labute approximate surface area is 143 Å². The maximum atomic E-state index is 13.0. The molecular weight excluding hydrogens is 294 g/mol. The fraction of sp³-hybridized carbons (Fsp3) is 0.136. The van der Waals surface area contributed by atoms with Crippen LogP contribution in [-0.2, 0) is 6.42 Å². The SMILES string of the molecule is CCNc1cccc(C(=O)c2ccccc2)c1Cc1ccccc1. The summed E-state index contributed by atoms with van der Waals surface area (Å²) in [6, 6.07) is 25.7. The van der Waals surface area contributed by atoms with Gasteiger partial charge in [-0.05, 0) is 24.1 Å². The Hall–Kier alpha value is -2.87. The molecule has 0 radical (unpaired) electrons. The molecule has 0 aliphatic rings. The number of carbonyl (C=O) groups excluding carboxylic acids is 1. The van der Waals surface area contributed by atoms with E-state index in [2.05, 4.69) is 24.4 Å². The zero-order valence-electron chi connectivity index (χ0n) is 13.8. The van der Waals surface area contributed by atoms with E-state index in [1.165, 1.54) is 5.56 Å². The normalized spacial score (nSPS) is 10.4. The zero-order chi connectivity index (χ0) is 16.8. The van der Waals surface area contributed by atoms with E-state index in [0.29, 0.717) is 0 Å². The van der Waals surface area contributed by atoms with Crippen LogP contribution in [0.25, 0.3) is 0 Å². The van der Waals surface area contributed by atoms with Gasteiger partial charge in [0.1, 0.15) is 0 Å². The van der Waals surface area contributed by atoms with Crippen molar-refractivity contribution in [2.75, 3.05) is 11.9 Å². The third kappa shape index (κ3) is 3.54. The number of nitrogens with one attached hydrogen (secondary N) is 1. The highest BCUT2D eigenvalue weighted by molar-refractivity contribution is 6.10. The number of benzene rings is 3. The first-order valence-corrected chi connectivity index (χ1v) is 8.29. The highest BCUT2D eigenvalue weighted by Gasteiger charge is 2.16. The molecule has 0 aliphatic heterocycles. The van der Waals surface area contributed by atoms with Gasteiger partial charge in [0.25, 0.3) is 0 Å². The summed E-state index contributed by atoms with van der Waals surface area (Å²) >= 11 is 0. The third-order valence-corrected chi connectivity index (χ3v) is 4.05. The van der Waals surface area contributed by atoms with Crippen LogP contribution in [0, 0.1) is 0 Å². The lowest BCUT2D eigenvalue weighted by Crippen LogP contribution is -2.10. The second kappa shape index (κ2) is 7.60. The first-order valence-electron chi connectivity index (χ1n) is 8.29. The average Bonchev–Trinajstić information content (AvgIpc) is 2.64. The second-order valence-corrected chi connectivity index (χ2v) is 5.72. The minimum Gasteiger partial charge on any atom is -0.385 e. The summed E-state index contributed by atoms with van der Waals surface area (Å²) in [5.41, 5.74) is 4.77. The standard InChI is InChI=1S/C22H21NO/c1-2-23-21-15-9-14-19(22(24)18-12-7-4-8-13-18)20(21)16-17-10-5-3-6-11-17/h3-15,23H,2,16H2,1H3. The van der Waals surface area contributed by atoms with Gasteiger partial charge in [-0.1, -0.05) is 72.8 Å². The van der Waals surface area contributed by atoms with Crippen molar-refractivity contribution in [3.8, 4) is 0 Å². The number of carbonyl (C=O) groups is 1. The lowest BCUT2D eigenvalue weighted by Gasteiger charge is -2.15. The number of ketones is 1. The Balaban J connectivity index is 2.05. The second-order valence-electron chi connectivity index (χ2n) is 5.72. The van der Waals surface area contributed by atoms with Crippen LogP contribution in [0.15, 0.2) is 78.9 Å². The van der Waals surface area contributed by atoms with Crippen molar-refractivity contribution in [2.24, 2.45) is 0 Å². The van der Waals surface area contributed by atoms with Crippen molar-refractivity contribution in [1.82, 2.24) is 0 Å². The Morgan fingerprint density at radius 1 is 0.833 bits per heavy atom. The van der Waals surface area contributed by atoms with Crippen LogP contribution in [0.5, 0.6) is 0 Å². The van der Waals surface area contributed by atoms with Gasteiger partial charge in [-0.3, -0.25) is 4.79 Å². The summed E-state index contributed by atoms with van der Waals surface area (Å²) in [6.07, 6.45) is 0.734. The fourth-order valence-electron chi connectivity index (χ4n) is 2.89. The molecule has 0 fully saturated rings. The molecule has 1 N–H and O–H groups in total. The molecule has 0 aliphatic carbocycles. The van der Waals surface area contributed by atoms with Crippen LogP contribution in [0.4, 0.5) is 5.69 Å². The smallest absolute Gasteiger partial charge is 0.193 e. The molecule has 0 bridgehead atoms. The van der Waals surface area contributed by atoms with Gasteiger partial charge in [0.2, 0.25) is 0 Å². The minimum atomic E-state index is 0.0706. The van der Waals surface area contributed by atoms with Gasteiger partial charge in [0.05, 0.1) is 0 Å². The molecule has 24 heavy (non-hydrogen) atoms. The van der Waals surface area contributed by atoms with Gasteiger partial charge < -0.3 is 5.32 Å². The molecule has 3 aromatic rings. The first-order chi connectivity index (χ1) is 11.8. The predicted molar refractivity (Wildman–Crippen MR) is 99.7 cm³/mol. The third-order valence-electron chi connectivity index (χ3n) is 4.05. The van der Waals surface area contributed by atoms with Gasteiger partial charge in [-0.15, -0.1) is 0 Å². The van der Waals surface area contributed by atoms with Crippen LogP contribution < -0.4 is 5.32 Å². The number of hydrogen-bond donors (Lipinski definition) is 1. The number of rotatable bonds is 6. The number of hydrogen-bond acceptors (Lipinski definition) is 2. The van der Waals surface area contributed by atoms with Gasteiger partial charge in [-0.2, -0.15) is 0 Å². The lowest BCUT2D eigenvalue weighted by atomic mass is 9.93. The molecule has 0 amide bonds. The first kappa shape index (κ1) is 16.0. The van der Waals surface area contributed by atoms with E-state index in [-0.39, 0.29) is 5.78 Å². The van der Waals surface area contributed by atoms with E-state index in [1.54, 1.807) is 0 Å². The number of anilines is 1. The van der Waals surface area contributed by atoms with E-state index < -0.39 is 0 Å². The minimum absolute atomic E-state index is 0.0706. The van der Waals surface area contributed by atoms with Crippen molar-refractivity contribution in [1.29, 1.82) is 0 Å². The van der Waals surface area contributed by atoms with E-state index in [0.717, 1.165) is 35.3 Å². The Bertz CT molecular complexity index is 810. The molecule has 0 heterocycles. The molecule has 2 heteroatoms. The molecule has 0 atom stereocenters. The van der Waals surface area contributed by atoms with Crippen molar-refractivity contribution in [2.45, 2.75) is 13.3 Å². The largest absolute Gasteiger partial charge is 0.385 e. The summed E-state index contributed by atoms with van der Waals surface area (Å²) in [5.74, 6) is 0.0706. The van der Waals surface area contributed by atoms with Crippen LogP contribution in [0.3, 0.4) is 0 Å². The topological polar surface area (TPSA) is 29.1 Å². The Morgan fingerprint density at radius 2 is 1.50 bits per heavy atom. The molecule has 0 saturated heterocycles. The van der Waals surface area contributed by atoms with Crippen molar-refractivity contribution in [3.63, 3.8) is 0 Å². The van der Waals surface area contributed by atoms with Crippen LogP contribution in [-0.4, -0.2) is 12.3 Å². The van der Waals surface area contributed by atoms with Crippen LogP contribution in [0.2, 0.25) is 0 Å². The maximum Gasteiger partial charge on any atom is 0.193 e. The summed E-state index contributed by atoms with van der Waals surface area (Å²) in [6.45, 7) is 2.89. The molecule has 120 valence electrons. The van der Waals surface area contributed by atoms with Gasteiger partial charge in [0, 0.05) is 29.8 Å². The van der Waals surface area contributed by atoms with Gasteiger partial charge in [0.15, 0.2) is 5.78 Å². The maximum absolute atomic E-state index is 13.0. The Morgan fingerprint density at radius 3 is 2.17 bits per heavy atom. The van der Waals surface area contributed by atoms with Crippen molar-refractivity contribution in [3.05, 3.63) is 101 Å². The summed E-state index contributed by atoms with van der Waals surface area (Å²) in [5, 5.41) is 3.39. The quantitative estimate of drug-likeness (QED) is 0.653. The highest BCUT2D eigenvalue weighted by atomic mass is 16.1. The molecule has 0 unspecified atom stereocenters. The monoisotopic (exact) mass is 315 g/mol. The van der Waals surface area contributed by atoms with Crippen molar-refractivity contribution >= 4 is 11.5 Å².